The molecule has 0 saturated carbocycles. The highest BCUT2D eigenvalue weighted by molar-refractivity contribution is 6.30. The molecule has 0 saturated heterocycles. The molecule has 28 heavy (non-hydrogen) atoms. The van der Waals surface area contributed by atoms with Crippen molar-refractivity contribution in [3.05, 3.63) is 68.5 Å². The van der Waals surface area contributed by atoms with Crippen LogP contribution in [0.25, 0.3) is 0 Å². The van der Waals surface area contributed by atoms with Crippen LogP contribution >= 0.6 is 11.6 Å². The third-order valence-corrected chi connectivity index (χ3v) is 3.89. The Morgan fingerprint density at radius 1 is 1.29 bits per heavy atom. The van der Waals surface area contributed by atoms with Gasteiger partial charge in [-0.05, 0) is 36.8 Å². The van der Waals surface area contributed by atoms with Gasteiger partial charge in [0.1, 0.15) is 17.1 Å². The highest BCUT2D eigenvalue weighted by Crippen LogP contribution is 2.27. The summed E-state index contributed by atoms with van der Waals surface area (Å²) < 4.78 is 54.6. The van der Waals surface area contributed by atoms with Crippen LogP contribution in [0, 0.1) is 15.9 Å². The number of ether oxygens (including phenoxy) is 1. The number of nitrogens with zero attached hydrogens (tertiary/aromatic N) is 1. The average Bonchev–Trinajstić information content (AvgIpc) is 2.61. The second kappa shape index (κ2) is 8.42. The van der Waals surface area contributed by atoms with Gasteiger partial charge in [-0.3, -0.25) is 14.9 Å². The molecule has 0 heterocycles. The Bertz CT molecular complexity index is 905. The van der Waals surface area contributed by atoms with E-state index in [1.807, 2.05) is 0 Å². The molecule has 2 rings (SSSR count). The van der Waals surface area contributed by atoms with E-state index in [0.717, 1.165) is 24.3 Å². The fourth-order valence-corrected chi connectivity index (χ4v) is 2.44. The number of rotatable bonds is 6. The van der Waals surface area contributed by atoms with Gasteiger partial charge in [0.2, 0.25) is 0 Å². The number of alkyl halides is 3. The Hall–Kier alpha value is -2.88. The lowest BCUT2D eigenvalue weighted by molar-refractivity contribution is -0.385. The van der Waals surface area contributed by atoms with Crippen molar-refractivity contribution in [2.75, 3.05) is 6.61 Å². The molecule has 0 aliphatic rings. The van der Waals surface area contributed by atoms with E-state index in [2.05, 4.69) is 10.1 Å². The molecule has 11 heteroatoms. The van der Waals surface area contributed by atoms with E-state index in [4.69, 9.17) is 11.6 Å². The normalized spacial score (nSPS) is 12.4. The van der Waals surface area contributed by atoms with Crippen LogP contribution in [0.5, 0.6) is 5.75 Å². The predicted octanol–water partition coefficient (Wildman–Crippen LogP) is 4.82. The minimum absolute atomic E-state index is 0.174. The summed E-state index contributed by atoms with van der Waals surface area (Å²) in [4.78, 5) is 22.8. The number of nitro groups is 1. The minimum atomic E-state index is -4.61. The minimum Gasteiger partial charge on any atom is -0.484 e. The van der Waals surface area contributed by atoms with Crippen LogP contribution in [0.4, 0.5) is 23.2 Å². The molecule has 150 valence electrons. The van der Waals surface area contributed by atoms with Crippen LogP contribution < -0.4 is 10.1 Å². The van der Waals surface area contributed by atoms with Gasteiger partial charge in [-0.25, -0.2) is 4.39 Å². The van der Waals surface area contributed by atoms with Gasteiger partial charge in [-0.1, -0.05) is 17.7 Å². The molecule has 0 aliphatic heterocycles. The molecule has 0 fully saturated rings. The van der Waals surface area contributed by atoms with Crippen LogP contribution in [-0.4, -0.2) is 23.6 Å². The summed E-state index contributed by atoms with van der Waals surface area (Å²) >= 11 is 5.69. The first-order valence-electron chi connectivity index (χ1n) is 7.71. The fraction of sp³-hybridized carbons (Fsp3) is 0.235. The van der Waals surface area contributed by atoms with Crippen LogP contribution in [0.15, 0.2) is 36.4 Å². The number of carbonyl (C=O) groups excluding carboxylic acids is 1. The van der Waals surface area contributed by atoms with Gasteiger partial charge in [0, 0.05) is 6.07 Å². The highest BCUT2D eigenvalue weighted by Gasteiger charge is 2.29. The summed E-state index contributed by atoms with van der Waals surface area (Å²) in [7, 11) is 0. The quantitative estimate of drug-likeness (QED) is 0.412. The van der Waals surface area contributed by atoms with Crippen molar-refractivity contribution in [3.8, 4) is 5.75 Å². The van der Waals surface area contributed by atoms with Crippen molar-refractivity contribution in [2.24, 2.45) is 0 Å². The molecule has 1 amide bonds. The summed E-state index contributed by atoms with van der Waals surface area (Å²) in [5.74, 6) is -1.93. The number of nitro benzene ring substituents is 1. The van der Waals surface area contributed by atoms with Gasteiger partial charge in [0.25, 0.3) is 11.6 Å². The number of nitrogens with one attached hydrogen (secondary N) is 1. The SMILES string of the molecule is CC(NC(=O)c1cc(OCC(F)(F)F)ccc1[N+](=O)[O-])c1ccc(F)c(Cl)c1. The number of carbonyl (C=O) groups is 1. The van der Waals surface area contributed by atoms with Crippen molar-refractivity contribution < 1.29 is 32.0 Å². The van der Waals surface area contributed by atoms with E-state index in [0.29, 0.717) is 5.56 Å². The maximum atomic E-state index is 13.2. The summed E-state index contributed by atoms with van der Waals surface area (Å²) in [6.45, 7) is -0.0896. The number of amides is 1. The van der Waals surface area contributed by atoms with E-state index in [1.54, 1.807) is 0 Å². The Kier molecular flexibility index (Phi) is 6.45. The summed E-state index contributed by atoms with van der Waals surface area (Å²) in [5.41, 5.74) is -0.669. The van der Waals surface area contributed by atoms with E-state index in [9.17, 15) is 32.5 Å². The average molecular weight is 421 g/mol. The second-order valence-electron chi connectivity index (χ2n) is 5.71. The number of hydrogen-bond acceptors (Lipinski definition) is 4. The molecular weight excluding hydrogens is 408 g/mol. The van der Waals surface area contributed by atoms with Crippen molar-refractivity contribution in [1.82, 2.24) is 5.32 Å². The lowest BCUT2D eigenvalue weighted by Gasteiger charge is -2.16. The fourth-order valence-electron chi connectivity index (χ4n) is 2.25. The molecule has 1 unspecified atom stereocenters. The Morgan fingerprint density at radius 2 is 1.96 bits per heavy atom. The summed E-state index contributed by atoms with van der Waals surface area (Å²) in [5, 5.41) is 13.4. The summed E-state index contributed by atoms with van der Waals surface area (Å²) in [6.07, 6.45) is -4.61. The Morgan fingerprint density at radius 3 is 2.54 bits per heavy atom. The largest absolute Gasteiger partial charge is 0.484 e. The van der Waals surface area contributed by atoms with Gasteiger partial charge >= 0.3 is 6.18 Å². The van der Waals surface area contributed by atoms with Gasteiger partial charge in [0.05, 0.1) is 16.0 Å². The van der Waals surface area contributed by atoms with Gasteiger partial charge in [-0.15, -0.1) is 0 Å². The lowest BCUT2D eigenvalue weighted by atomic mass is 10.1. The monoisotopic (exact) mass is 420 g/mol. The molecular formula is C17H13ClF4N2O4. The molecule has 6 nitrogen and oxygen atoms in total. The van der Waals surface area contributed by atoms with E-state index >= 15 is 0 Å². The van der Waals surface area contributed by atoms with Crippen LogP contribution in [0.2, 0.25) is 5.02 Å². The molecule has 0 aromatic heterocycles. The van der Waals surface area contributed by atoms with Gasteiger partial charge < -0.3 is 10.1 Å². The van der Waals surface area contributed by atoms with Crippen molar-refractivity contribution in [3.63, 3.8) is 0 Å². The smallest absolute Gasteiger partial charge is 0.422 e. The maximum absolute atomic E-state index is 13.2. The zero-order valence-electron chi connectivity index (χ0n) is 14.2. The topological polar surface area (TPSA) is 81.5 Å². The first-order chi connectivity index (χ1) is 13.0. The zero-order valence-corrected chi connectivity index (χ0v) is 15.0. The molecule has 0 spiro atoms. The second-order valence-corrected chi connectivity index (χ2v) is 6.12. The third-order valence-electron chi connectivity index (χ3n) is 3.60. The number of benzene rings is 2. The maximum Gasteiger partial charge on any atom is 0.422 e. The zero-order chi connectivity index (χ0) is 21.1. The van der Waals surface area contributed by atoms with Crippen LogP contribution in [0.1, 0.15) is 28.9 Å². The van der Waals surface area contributed by atoms with Crippen molar-refractivity contribution in [2.45, 2.75) is 19.1 Å². The standard InChI is InChI=1S/C17H13ClF4N2O4/c1-9(10-2-4-14(19)13(18)6-10)23-16(25)12-7-11(28-8-17(20,21)22)3-5-15(12)24(26)27/h2-7,9H,8H2,1H3,(H,23,25). The molecule has 1 atom stereocenters. The Labute approximate surface area is 161 Å². The van der Waals surface area contributed by atoms with Crippen molar-refractivity contribution in [1.29, 1.82) is 0 Å². The lowest BCUT2D eigenvalue weighted by Crippen LogP contribution is -2.27. The van der Waals surface area contributed by atoms with E-state index in [-0.39, 0.29) is 10.8 Å². The highest BCUT2D eigenvalue weighted by atomic mass is 35.5. The van der Waals surface area contributed by atoms with E-state index < -0.39 is 46.7 Å². The molecule has 0 bridgehead atoms. The Balaban J connectivity index is 2.26. The van der Waals surface area contributed by atoms with E-state index in [1.165, 1.54) is 19.1 Å². The third kappa shape index (κ3) is 5.56. The summed E-state index contributed by atoms with van der Waals surface area (Å²) in [6, 6.07) is 5.70. The number of hydrogen-bond donors (Lipinski definition) is 1. The molecule has 0 radical (unpaired) electrons. The van der Waals surface area contributed by atoms with Crippen molar-refractivity contribution >= 4 is 23.2 Å². The molecule has 2 aromatic carbocycles. The van der Waals surface area contributed by atoms with Gasteiger partial charge in [-0.2, -0.15) is 13.2 Å². The first-order valence-corrected chi connectivity index (χ1v) is 8.09. The first kappa shape index (κ1) is 21.4. The van der Waals surface area contributed by atoms with Gasteiger partial charge in [0.15, 0.2) is 6.61 Å². The molecule has 1 N–H and O–H groups in total. The van der Waals surface area contributed by atoms with Crippen LogP contribution in [0.3, 0.4) is 0 Å². The van der Waals surface area contributed by atoms with Crippen LogP contribution in [-0.2, 0) is 0 Å². The predicted molar refractivity (Wildman–Crippen MR) is 91.9 cm³/mol. The molecule has 0 aliphatic carbocycles. The number of halogens is 5. The molecule has 2 aromatic rings.